The minimum atomic E-state index is 0.891. The second-order valence-electron chi connectivity index (χ2n) is 6.18. The fourth-order valence-corrected chi connectivity index (χ4v) is 3.57. The molecule has 1 aromatic rings. The molecule has 2 heteroatoms. The third kappa shape index (κ3) is 3.13. The van der Waals surface area contributed by atoms with E-state index >= 15 is 0 Å². The average molecular weight is 270 g/mol. The van der Waals surface area contributed by atoms with Gasteiger partial charge in [-0.2, -0.15) is 0 Å². The van der Waals surface area contributed by atoms with Crippen molar-refractivity contribution in [2.45, 2.75) is 25.7 Å². The molecule has 1 aliphatic heterocycles. The molecule has 0 amide bonds. The Hall–Kier alpha value is -1.12. The van der Waals surface area contributed by atoms with E-state index in [-0.39, 0.29) is 0 Å². The van der Waals surface area contributed by atoms with Gasteiger partial charge >= 0.3 is 0 Å². The second-order valence-corrected chi connectivity index (χ2v) is 6.18. The molecule has 1 N–H and O–H groups in total. The number of nitrogens with zero attached hydrogens (tertiary/aromatic N) is 1. The van der Waals surface area contributed by atoms with E-state index in [0.717, 1.165) is 12.3 Å². The zero-order valence-corrected chi connectivity index (χ0v) is 12.6. The van der Waals surface area contributed by atoms with Crippen LogP contribution in [0.25, 0.3) is 5.57 Å². The summed E-state index contributed by atoms with van der Waals surface area (Å²) in [6, 6.07) is 8.87. The first kappa shape index (κ1) is 13.8. The summed E-state index contributed by atoms with van der Waals surface area (Å²) in [7, 11) is 2.07. The number of hydrogen-bond donors (Lipinski definition) is 1. The van der Waals surface area contributed by atoms with E-state index in [1.54, 1.807) is 5.57 Å². The number of benzene rings is 1. The molecule has 0 radical (unpaired) electrons. The summed E-state index contributed by atoms with van der Waals surface area (Å²) >= 11 is 0. The number of nitrogens with one attached hydrogen (secondary N) is 1. The monoisotopic (exact) mass is 270 g/mol. The Labute approximate surface area is 122 Å². The van der Waals surface area contributed by atoms with E-state index in [0.29, 0.717) is 0 Å². The molecule has 0 saturated carbocycles. The SMILES string of the molecule is CNCC1CCN(CCC2=CCc3ccccc32)CC1. The fraction of sp³-hybridized carbons (Fsp3) is 0.556. The van der Waals surface area contributed by atoms with Crippen molar-refractivity contribution in [2.24, 2.45) is 5.92 Å². The van der Waals surface area contributed by atoms with Gasteiger partial charge in [-0.25, -0.2) is 0 Å². The van der Waals surface area contributed by atoms with E-state index in [1.165, 1.54) is 56.6 Å². The molecule has 108 valence electrons. The second kappa shape index (κ2) is 6.55. The van der Waals surface area contributed by atoms with Crippen LogP contribution in [-0.2, 0) is 6.42 Å². The predicted octanol–water partition coefficient (Wildman–Crippen LogP) is 2.95. The first-order valence-corrected chi connectivity index (χ1v) is 8.01. The van der Waals surface area contributed by atoms with Crippen molar-refractivity contribution in [1.82, 2.24) is 10.2 Å². The van der Waals surface area contributed by atoms with E-state index < -0.39 is 0 Å². The summed E-state index contributed by atoms with van der Waals surface area (Å²) in [4.78, 5) is 2.65. The fourth-order valence-electron chi connectivity index (χ4n) is 3.57. The van der Waals surface area contributed by atoms with Crippen LogP contribution in [0.2, 0.25) is 0 Å². The molecule has 1 aromatic carbocycles. The number of hydrogen-bond acceptors (Lipinski definition) is 2. The Balaban J connectivity index is 1.47. The summed E-state index contributed by atoms with van der Waals surface area (Å²) in [5.41, 5.74) is 4.57. The predicted molar refractivity (Wildman–Crippen MR) is 85.8 cm³/mol. The summed E-state index contributed by atoms with van der Waals surface area (Å²) in [5.74, 6) is 0.891. The number of fused-ring (bicyclic) bond motifs is 1. The molecule has 0 atom stereocenters. The van der Waals surface area contributed by atoms with Crippen molar-refractivity contribution in [3.63, 3.8) is 0 Å². The van der Waals surface area contributed by atoms with Crippen LogP contribution in [0.3, 0.4) is 0 Å². The highest BCUT2D eigenvalue weighted by molar-refractivity contribution is 5.72. The molecule has 1 saturated heterocycles. The van der Waals surface area contributed by atoms with Gasteiger partial charge < -0.3 is 10.2 Å². The normalized spacial score (nSPS) is 19.9. The Kier molecular flexibility index (Phi) is 4.54. The third-order valence-corrected chi connectivity index (χ3v) is 4.83. The molecule has 3 rings (SSSR count). The highest BCUT2D eigenvalue weighted by Crippen LogP contribution is 2.30. The smallest absolute Gasteiger partial charge is 0.00219 e. The maximum atomic E-state index is 3.31. The van der Waals surface area contributed by atoms with Crippen LogP contribution in [0.1, 0.15) is 30.4 Å². The van der Waals surface area contributed by atoms with Crippen LogP contribution in [0.5, 0.6) is 0 Å². The average Bonchev–Trinajstić information content (AvgIpc) is 2.90. The van der Waals surface area contributed by atoms with Crippen molar-refractivity contribution in [3.05, 3.63) is 41.5 Å². The van der Waals surface area contributed by atoms with E-state index in [4.69, 9.17) is 0 Å². The molecule has 1 fully saturated rings. The van der Waals surface area contributed by atoms with Gasteiger partial charge in [0.05, 0.1) is 0 Å². The number of allylic oxidation sites excluding steroid dienone is 1. The zero-order valence-electron chi connectivity index (χ0n) is 12.6. The Morgan fingerprint density at radius 3 is 2.80 bits per heavy atom. The van der Waals surface area contributed by atoms with Crippen LogP contribution in [-0.4, -0.2) is 38.1 Å². The van der Waals surface area contributed by atoms with Crippen molar-refractivity contribution >= 4 is 5.57 Å². The molecular weight excluding hydrogens is 244 g/mol. The van der Waals surface area contributed by atoms with Crippen molar-refractivity contribution in [2.75, 3.05) is 33.2 Å². The maximum absolute atomic E-state index is 3.31. The quantitative estimate of drug-likeness (QED) is 0.885. The number of likely N-dealkylation sites (tertiary alicyclic amines) is 1. The lowest BCUT2D eigenvalue weighted by Crippen LogP contribution is -2.37. The van der Waals surface area contributed by atoms with Gasteiger partial charge in [0.2, 0.25) is 0 Å². The van der Waals surface area contributed by atoms with Crippen LogP contribution in [0, 0.1) is 5.92 Å². The van der Waals surface area contributed by atoms with Gasteiger partial charge in [-0.05, 0) is 75.0 Å². The van der Waals surface area contributed by atoms with Gasteiger partial charge in [-0.15, -0.1) is 0 Å². The molecule has 2 nitrogen and oxygen atoms in total. The van der Waals surface area contributed by atoms with Gasteiger partial charge in [0.1, 0.15) is 0 Å². The number of rotatable bonds is 5. The first-order valence-electron chi connectivity index (χ1n) is 8.01. The van der Waals surface area contributed by atoms with Gasteiger partial charge in [-0.1, -0.05) is 30.3 Å². The zero-order chi connectivity index (χ0) is 13.8. The van der Waals surface area contributed by atoms with Crippen LogP contribution < -0.4 is 5.32 Å². The summed E-state index contributed by atoms with van der Waals surface area (Å²) in [5, 5.41) is 3.31. The Bertz CT molecular complexity index is 470. The summed E-state index contributed by atoms with van der Waals surface area (Å²) in [6.07, 6.45) is 7.49. The highest BCUT2D eigenvalue weighted by Gasteiger charge is 2.19. The van der Waals surface area contributed by atoms with Crippen LogP contribution in [0.4, 0.5) is 0 Å². The van der Waals surface area contributed by atoms with Crippen LogP contribution in [0.15, 0.2) is 30.3 Å². The Morgan fingerprint density at radius 2 is 2.00 bits per heavy atom. The molecule has 20 heavy (non-hydrogen) atoms. The van der Waals surface area contributed by atoms with Gasteiger partial charge in [0, 0.05) is 6.54 Å². The van der Waals surface area contributed by atoms with Crippen molar-refractivity contribution in [1.29, 1.82) is 0 Å². The van der Waals surface area contributed by atoms with Crippen molar-refractivity contribution < 1.29 is 0 Å². The molecule has 0 bridgehead atoms. The van der Waals surface area contributed by atoms with Gasteiger partial charge in [0.15, 0.2) is 0 Å². The van der Waals surface area contributed by atoms with E-state index in [1.807, 2.05) is 0 Å². The molecule has 1 heterocycles. The lowest BCUT2D eigenvalue weighted by Gasteiger charge is -2.32. The standard InChI is InChI=1S/C18H26N2/c1-19-14-15-8-11-20(12-9-15)13-10-17-7-6-16-4-2-3-5-18(16)17/h2-5,7,15,19H,6,8-14H2,1H3. The highest BCUT2D eigenvalue weighted by atomic mass is 15.1. The third-order valence-electron chi connectivity index (χ3n) is 4.83. The molecule has 1 aliphatic carbocycles. The lowest BCUT2D eigenvalue weighted by molar-refractivity contribution is 0.187. The number of piperidine rings is 1. The van der Waals surface area contributed by atoms with E-state index in [2.05, 4.69) is 47.6 Å². The molecule has 2 aliphatic rings. The van der Waals surface area contributed by atoms with Crippen LogP contribution >= 0.6 is 0 Å². The molecule has 0 spiro atoms. The lowest BCUT2D eigenvalue weighted by atomic mass is 9.96. The molecular formula is C18H26N2. The summed E-state index contributed by atoms with van der Waals surface area (Å²) < 4.78 is 0. The molecule has 0 aromatic heterocycles. The topological polar surface area (TPSA) is 15.3 Å². The van der Waals surface area contributed by atoms with E-state index in [9.17, 15) is 0 Å². The first-order chi connectivity index (χ1) is 9.86. The van der Waals surface area contributed by atoms with Gasteiger partial charge in [0.25, 0.3) is 0 Å². The minimum absolute atomic E-state index is 0.891. The maximum Gasteiger partial charge on any atom is 0.00219 e. The Morgan fingerprint density at radius 1 is 1.20 bits per heavy atom. The minimum Gasteiger partial charge on any atom is -0.319 e. The van der Waals surface area contributed by atoms with Crippen molar-refractivity contribution in [3.8, 4) is 0 Å². The largest absolute Gasteiger partial charge is 0.319 e. The summed E-state index contributed by atoms with van der Waals surface area (Å²) in [6.45, 7) is 4.97. The molecule has 0 unspecified atom stereocenters. The van der Waals surface area contributed by atoms with Gasteiger partial charge in [-0.3, -0.25) is 0 Å².